The highest BCUT2D eigenvalue weighted by Crippen LogP contribution is 2.22. The summed E-state index contributed by atoms with van der Waals surface area (Å²) in [5.41, 5.74) is 0.903. The van der Waals surface area contributed by atoms with Crippen molar-refractivity contribution in [3.05, 3.63) is 28.7 Å². The Balaban J connectivity index is 2.09. The van der Waals surface area contributed by atoms with Gasteiger partial charge in [-0.2, -0.15) is 0 Å². The Kier molecular flexibility index (Phi) is 4.60. The van der Waals surface area contributed by atoms with Gasteiger partial charge in [-0.1, -0.05) is 15.9 Å². The fourth-order valence-electron chi connectivity index (χ4n) is 2.04. The lowest BCUT2D eigenvalue weighted by molar-refractivity contribution is -0.142. The molecule has 1 aliphatic heterocycles. The van der Waals surface area contributed by atoms with Crippen LogP contribution in [0.4, 0.5) is 5.69 Å². The molecular weight excluding hydrogens is 298 g/mol. The molecule has 1 heterocycles. The van der Waals surface area contributed by atoms with Gasteiger partial charge in [-0.05, 0) is 30.7 Å². The van der Waals surface area contributed by atoms with Crippen LogP contribution in [0.25, 0.3) is 0 Å². The molecule has 0 aliphatic carbocycles. The molecule has 2 unspecified atom stereocenters. The summed E-state index contributed by atoms with van der Waals surface area (Å²) in [6.07, 6.45) is 0.878. The molecule has 1 aromatic carbocycles. The molecule has 98 valence electrons. The number of halogens is 1. The molecule has 0 amide bonds. The van der Waals surface area contributed by atoms with Crippen LogP contribution in [-0.4, -0.2) is 32.3 Å². The lowest BCUT2D eigenvalue weighted by Gasteiger charge is -2.22. The van der Waals surface area contributed by atoms with Crippen LogP contribution in [0.5, 0.6) is 0 Å². The Morgan fingerprint density at radius 3 is 2.78 bits per heavy atom. The minimum absolute atomic E-state index is 0.168. The Hall–Kier alpha value is -1.07. The van der Waals surface area contributed by atoms with E-state index in [1.54, 1.807) is 0 Å². The molecule has 1 aromatic rings. The highest BCUT2D eigenvalue weighted by atomic mass is 79.9. The van der Waals surface area contributed by atoms with Crippen LogP contribution in [0.3, 0.4) is 0 Å². The first-order valence-electron chi connectivity index (χ1n) is 5.88. The van der Waals surface area contributed by atoms with Crippen LogP contribution in [0.15, 0.2) is 28.7 Å². The van der Waals surface area contributed by atoms with E-state index in [4.69, 9.17) is 9.47 Å². The summed E-state index contributed by atoms with van der Waals surface area (Å²) in [7, 11) is 1.41. The molecule has 0 aromatic heterocycles. The largest absolute Gasteiger partial charge is 0.467 e. The smallest absolute Gasteiger partial charge is 0.328 e. The zero-order chi connectivity index (χ0) is 13.0. The molecule has 1 fully saturated rings. The fraction of sp³-hybridized carbons (Fsp3) is 0.462. The quantitative estimate of drug-likeness (QED) is 0.867. The van der Waals surface area contributed by atoms with Crippen molar-refractivity contribution in [2.24, 2.45) is 5.92 Å². The molecule has 2 rings (SSSR count). The summed E-state index contributed by atoms with van der Waals surface area (Å²) in [6, 6.07) is 7.37. The number of anilines is 1. The number of methoxy groups -OCH3 is 1. The maximum absolute atomic E-state index is 11.8. The molecule has 18 heavy (non-hydrogen) atoms. The predicted octanol–water partition coefficient (Wildman–Crippen LogP) is 2.44. The fourth-order valence-corrected chi connectivity index (χ4v) is 2.30. The van der Waals surface area contributed by atoms with Gasteiger partial charge in [0.15, 0.2) is 0 Å². The van der Waals surface area contributed by atoms with E-state index >= 15 is 0 Å². The Morgan fingerprint density at radius 1 is 1.50 bits per heavy atom. The second kappa shape index (κ2) is 6.20. The number of carbonyl (C=O) groups is 1. The number of rotatable bonds is 4. The first-order valence-corrected chi connectivity index (χ1v) is 6.67. The molecule has 5 heteroatoms. The number of carbonyl (C=O) groups excluding carboxylic acids is 1. The third kappa shape index (κ3) is 3.23. The van der Waals surface area contributed by atoms with Crippen LogP contribution in [0.2, 0.25) is 0 Å². The van der Waals surface area contributed by atoms with E-state index in [0.717, 1.165) is 16.6 Å². The highest BCUT2D eigenvalue weighted by molar-refractivity contribution is 9.10. The summed E-state index contributed by atoms with van der Waals surface area (Å²) in [5.74, 6) is -0.0745. The number of hydrogen-bond acceptors (Lipinski definition) is 4. The third-order valence-electron chi connectivity index (χ3n) is 3.06. The molecule has 0 radical (unpaired) electrons. The number of benzene rings is 1. The van der Waals surface area contributed by atoms with Gasteiger partial charge in [0.1, 0.15) is 6.04 Å². The standard InChI is InChI=1S/C13H16BrNO3/c1-17-13(16)12(9-6-7-18-8-9)15-11-4-2-10(14)3-5-11/h2-5,9,12,15H,6-8H2,1H3. The molecule has 1 saturated heterocycles. The number of hydrogen-bond donors (Lipinski definition) is 1. The first kappa shape index (κ1) is 13.4. The molecule has 0 spiro atoms. The predicted molar refractivity (Wildman–Crippen MR) is 72.5 cm³/mol. The van der Waals surface area contributed by atoms with Crippen molar-refractivity contribution >= 4 is 27.6 Å². The molecule has 2 atom stereocenters. The molecule has 0 saturated carbocycles. The van der Waals surface area contributed by atoms with Gasteiger partial charge in [-0.15, -0.1) is 0 Å². The monoisotopic (exact) mass is 313 g/mol. The van der Waals surface area contributed by atoms with E-state index in [-0.39, 0.29) is 17.9 Å². The normalized spacial score (nSPS) is 20.4. The van der Waals surface area contributed by atoms with E-state index in [9.17, 15) is 4.79 Å². The summed E-state index contributed by atoms with van der Waals surface area (Å²) in [5, 5.41) is 3.22. The average molecular weight is 314 g/mol. The van der Waals surface area contributed by atoms with Crippen molar-refractivity contribution in [1.29, 1.82) is 0 Å². The van der Waals surface area contributed by atoms with E-state index in [1.807, 2.05) is 24.3 Å². The van der Waals surface area contributed by atoms with Crippen molar-refractivity contribution in [3.8, 4) is 0 Å². The van der Waals surface area contributed by atoms with Gasteiger partial charge in [0.25, 0.3) is 0 Å². The Bertz CT molecular complexity index is 401. The van der Waals surface area contributed by atoms with Crippen molar-refractivity contribution in [1.82, 2.24) is 0 Å². The lowest BCUT2D eigenvalue weighted by atomic mass is 9.99. The van der Waals surface area contributed by atoms with Crippen LogP contribution in [0, 0.1) is 5.92 Å². The molecule has 0 bridgehead atoms. The third-order valence-corrected chi connectivity index (χ3v) is 3.59. The molecule has 4 nitrogen and oxygen atoms in total. The minimum atomic E-state index is -0.348. The minimum Gasteiger partial charge on any atom is -0.467 e. The van der Waals surface area contributed by atoms with E-state index in [2.05, 4.69) is 21.2 Å². The van der Waals surface area contributed by atoms with Crippen molar-refractivity contribution in [3.63, 3.8) is 0 Å². The van der Waals surface area contributed by atoms with Gasteiger partial charge in [0.2, 0.25) is 0 Å². The lowest BCUT2D eigenvalue weighted by Crippen LogP contribution is -2.38. The molecule has 1 N–H and O–H groups in total. The first-order chi connectivity index (χ1) is 8.70. The summed E-state index contributed by atoms with van der Waals surface area (Å²) < 4.78 is 11.2. The summed E-state index contributed by atoms with van der Waals surface area (Å²) >= 11 is 3.38. The topological polar surface area (TPSA) is 47.6 Å². The number of nitrogens with one attached hydrogen (secondary N) is 1. The Morgan fingerprint density at radius 2 is 2.22 bits per heavy atom. The maximum atomic E-state index is 11.8. The van der Waals surface area contributed by atoms with Crippen molar-refractivity contribution in [2.75, 3.05) is 25.6 Å². The van der Waals surface area contributed by atoms with Gasteiger partial charge in [0, 0.05) is 22.7 Å². The van der Waals surface area contributed by atoms with Crippen LogP contribution >= 0.6 is 15.9 Å². The zero-order valence-corrected chi connectivity index (χ0v) is 11.8. The molecule has 1 aliphatic rings. The van der Waals surface area contributed by atoms with Crippen molar-refractivity contribution < 1.29 is 14.3 Å². The Labute approximate surface area is 115 Å². The van der Waals surface area contributed by atoms with Crippen LogP contribution < -0.4 is 5.32 Å². The van der Waals surface area contributed by atoms with Gasteiger partial charge >= 0.3 is 5.97 Å². The number of ether oxygens (including phenoxy) is 2. The van der Waals surface area contributed by atoms with Gasteiger partial charge in [-0.25, -0.2) is 4.79 Å². The van der Waals surface area contributed by atoms with Crippen LogP contribution in [0.1, 0.15) is 6.42 Å². The van der Waals surface area contributed by atoms with E-state index in [0.29, 0.717) is 13.2 Å². The van der Waals surface area contributed by atoms with Crippen LogP contribution in [-0.2, 0) is 14.3 Å². The second-order valence-electron chi connectivity index (χ2n) is 4.28. The van der Waals surface area contributed by atoms with Gasteiger partial charge < -0.3 is 14.8 Å². The van der Waals surface area contributed by atoms with E-state index in [1.165, 1.54) is 7.11 Å². The average Bonchev–Trinajstić information content (AvgIpc) is 2.91. The van der Waals surface area contributed by atoms with E-state index < -0.39 is 0 Å². The van der Waals surface area contributed by atoms with Gasteiger partial charge in [-0.3, -0.25) is 0 Å². The maximum Gasteiger partial charge on any atom is 0.328 e. The summed E-state index contributed by atoms with van der Waals surface area (Å²) in [6.45, 7) is 1.31. The second-order valence-corrected chi connectivity index (χ2v) is 5.19. The zero-order valence-electron chi connectivity index (χ0n) is 10.2. The SMILES string of the molecule is COC(=O)C(Nc1ccc(Br)cc1)C1CCOC1. The highest BCUT2D eigenvalue weighted by Gasteiger charge is 2.32. The number of esters is 1. The summed E-state index contributed by atoms with van der Waals surface area (Å²) in [4.78, 5) is 11.8. The van der Waals surface area contributed by atoms with Crippen molar-refractivity contribution in [2.45, 2.75) is 12.5 Å². The van der Waals surface area contributed by atoms with Gasteiger partial charge in [0.05, 0.1) is 13.7 Å². The molecular formula is C13H16BrNO3.